The minimum Gasteiger partial charge on any atom is -0.352 e. The average molecular weight is 376 g/mol. The van der Waals surface area contributed by atoms with Gasteiger partial charge in [-0.25, -0.2) is 4.98 Å². The van der Waals surface area contributed by atoms with Crippen molar-refractivity contribution < 1.29 is 9.59 Å². The summed E-state index contributed by atoms with van der Waals surface area (Å²) in [6.07, 6.45) is 0.121. The largest absolute Gasteiger partial charge is 0.352 e. The Balaban J connectivity index is 1.52. The number of nitrogens with zero attached hydrogens (tertiary/aromatic N) is 2. The van der Waals surface area contributed by atoms with Gasteiger partial charge in [0.1, 0.15) is 0 Å². The summed E-state index contributed by atoms with van der Waals surface area (Å²) in [6.45, 7) is 0.343. The summed E-state index contributed by atoms with van der Waals surface area (Å²) in [5.41, 5.74) is 2.55. The SMILES string of the molecule is N#Cc1cccc(CNC(=O)Cc2csc(NC(=O)c3ccccc3)n2)c1. The van der Waals surface area contributed by atoms with Crippen molar-refractivity contribution in [1.82, 2.24) is 10.3 Å². The van der Waals surface area contributed by atoms with Gasteiger partial charge in [-0.1, -0.05) is 30.3 Å². The molecule has 1 heterocycles. The second kappa shape index (κ2) is 8.74. The predicted molar refractivity (Wildman–Crippen MR) is 103 cm³/mol. The number of nitriles is 1. The zero-order chi connectivity index (χ0) is 19.1. The Morgan fingerprint density at radius 2 is 1.93 bits per heavy atom. The van der Waals surface area contributed by atoms with Crippen molar-refractivity contribution in [1.29, 1.82) is 5.26 Å². The molecule has 0 aliphatic carbocycles. The Kier molecular flexibility index (Phi) is 5.92. The summed E-state index contributed by atoms with van der Waals surface area (Å²) in [5.74, 6) is -0.415. The predicted octanol–water partition coefficient (Wildman–Crippen LogP) is 3.13. The van der Waals surface area contributed by atoms with Gasteiger partial charge in [-0.2, -0.15) is 5.26 Å². The lowest BCUT2D eigenvalue weighted by atomic mass is 10.1. The summed E-state index contributed by atoms with van der Waals surface area (Å²) in [7, 11) is 0. The molecule has 3 rings (SSSR count). The highest BCUT2D eigenvalue weighted by Gasteiger charge is 2.11. The maximum Gasteiger partial charge on any atom is 0.257 e. The molecular weight excluding hydrogens is 360 g/mol. The first-order valence-electron chi connectivity index (χ1n) is 8.20. The van der Waals surface area contributed by atoms with E-state index in [2.05, 4.69) is 21.7 Å². The van der Waals surface area contributed by atoms with E-state index in [9.17, 15) is 9.59 Å². The summed E-state index contributed by atoms with van der Waals surface area (Å²) < 4.78 is 0. The maximum absolute atomic E-state index is 12.1. The molecule has 0 saturated heterocycles. The van der Waals surface area contributed by atoms with Gasteiger partial charge in [-0.15, -0.1) is 11.3 Å². The number of carbonyl (C=O) groups excluding carboxylic acids is 2. The smallest absolute Gasteiger partial charge is 0.257 e. The van der Waals surface area contributed by atoms with Crippen LogP contribution in [-0.4, -0.2) is 16.8 Å². The highest BCUT2D eigenvalue weighted by Crippen LogP contribution is 2.17. The zero-order valence-electron chi connectivity index (χ0n) is 14.3. The van der Waals surface area contributed by atoms with E-state index in [0.29, 0.717) is 28.5 Å². The summed E-state index contributed by atoms with van der Waals surface area (Å²) in [6, 6.07) is 18.0. The second-order valence-corrected chi connectivity index (χ2v) is 6.59. The molecule has 0 radical (unpaired) electrons. The first-order valence-corrected chi connectivity index (χ1v) is 9.08. The number of amides is 2. The normalized spacial score (nSPS) is 10.0. The lowest BCUT2D eigenvalue weighted by Crippen LogP contribution is -2.24. The minimum atomic E-state index is -0.238. The topological polar surface area (TPSA) is 94.9 Å². The van der Waals surface area contributed by atoms with Crippen LogP contribution in [0.1, 0.15) is 27.2 Å². The Hall–Kier alpha value is -3.50. The Morgan fingerprint density at radius 1 is 1.11 bits per heavy atom. The molecule has 7 heteroatoms. The van der Waals surface area contributed by atoms with Crippen LogP contribution < -0.4 is 10.6 Å². The summed E-state index contributed by atoms with van der Waals surface area (Å²) in [4.78, 5) is 28.5. The van der Waals surface area contributed by atoms with Crippen molar-refractivity contribution in [3.63, 3.8) is 0 Å². The first kappa shape index (κ1) is 18.3. The molecule has 0 unspecified atom stereocenters. The molecule has 3 aromatic rings. The molecule has 2 amide bonds. The molecular formula is C20H16N4O2S. The number of carbonyl (C=O) groups is 2. The van der Waals surface area contributed by atoms with Crippen molar-refractivity contribution >= 4 is 28.3 Å². The molecule has 27 heavy (non-hydrogen) atoms. The van der Waals surface area contributed by atoms with Crippen molar-refractivity contribution in [3.8, 4) is 6.07 Å². The van der Waals surface area contributed by atoms with E-state index in [1.807, 2.05) is 12.1 Å². The molecule has 0 spiro atoms. The van der Waals surface area contributed by atoms with Crippen LogP contribution in [0.15, 0.2) is 60.0 Å². The monoisotopic (exact) mass is 376 g/mol. The molecule has 0 atom stereocenters. The molecule has 0 saturated carbocycles. The van der Waals surface area contributed by atoms with Crippen LogP contribution in [0.25, 0.3) is 0 Å². The molecule has 0 aliphatic rings. The van der Waals surface area contributed by atoms with Gasteiger partial charge in [0, 0.05) is 17.5 Å². The van der Waals surface area contributed by atoms with Crippen LogP contribution in [0.4, 0.5) is 5.13 Å². The van der Waals surface area contributed by atoms with Gasteiger partial charge in [-0.3, -0.25) is 14.9 Å². The number of aromatic nitrogens is 1. The number of hydrogen-bond acceptors (Lipinski definition) is 5. The number of hydrogen-bond donors (Lipinski definition) is 2. The molecule has 6 nitrogen and oxygen atoms in total. The highest BCUT2D eigenvalue weighted by molar-refractivity contribution is 7.14. The van der Waals surface area contributed by atoms with Crippen molar-refractivity contribution in [3.05, 3.63) is 82.4 Å². The number of anilines is 1. The molecule has 0 bridgehead atoms. The second-order valence-electron chi connectivity index (χ2n) is 5.73. The lowest BCUT2D eigenvalue weighted by molar-refractivity contribution is -0.120. The Labute approximate surface area is 160 Å². The summed E-state index contributed by atoms with van der Waals surface area (Å²) >= 11 is 1.27. The van der Waals surface area contributed by atoms with E-state index < -0.39 is 0 Å². The van der Waals surface area contributed by atoms with E-state index in [-0.39, 0.29) is 18.2 Å². The van der Waals surface area contributed by atoms with E-state index in [4.69, 9.17) is 5.26 Å². The van der Waals surface area contributed by atoms with Gasteiger partial charge in [0.15, 0.2) is 5.13 Å². The minimum absolute atomic E-state index is 0.121. The van der Waals surface area contributed by atoms with E-state index in [0.717, 1.165) is 5.56 Å². The van der Waals surface area contributed by atoms with Crippen molar-refractivity contribution in [2.75, 3.05) is 5.32 Å². The third kappa shape index (κ3) is 5.23. The first-order chi connectivity index (χ1) is 13.1. The van der Waals surface area contributed by atoms with Crippen LogP contribution in [0.3, 0.4) is 0 Å². The fourth-order valence-corrected chi connectivity index (χ4v) is 3.09. The van der Waals surface area contributed by atoms with Crippen molar-refractivity contribution in [2.45, 2.75) is 13.0 Å². The van der Waals surface area contributed by atoms with Gasteiger partial charge in [0.2, 0.25) is 5.91 Å². The quantitative estimate of drug-likeness (QED) is 0.691. The molecule has 0 fully saturated rings. The van der Waals surface area contributed by atoms with E-state index in [1.54, 1.807) is 47.8 Å². The van der Waals surface area contributed by atoms with Crippen LogP contribution in [0.2, 0.25) is 0 Å². The number of nitrogens with one attached hydrogen (secondary N) is 2. The Morgan fingerprint density at radius 3 is 2.70 bits per heavy atom. The Bertz CT molecular complexity index is 992. The molecule has 1 aromatic heterocycles. The van der Waals surface area contributed by atoms with Crippen LogP contribution in [0.5, 0.6) is 0 Å². The van der Waals surface area contributed by atoms with Gasteiger partial charge >= 0.3 is 0 Å². The van der Waals surface area contributed by atoms with Gasteiger partial charge < -0.3 is 5.32 Å². The fraction of sp³-hybridized carbons (Fsp3) is 0.100. The highest BCUT2D eigenvalue weighted by atomic mass is 32.1. The molecule has 2 N–H and O–H groups in total. The molecule has 2 aromatic carbocycles. The molecule has 0 aliphatic heterocycles. The van der Waals surface area contributed by atoms with Crippen LogP contribution in [0, 0.1) is 11.3 Å². The van der Waals surface area contributed by atoms with E-state index >= 15 is 0 Å². The van der Waals surface area contributed by atoms with Gasteiger partial charge in [0.05, 0.1) is 23.7 Å². The average Bonchev–Trinajstić information content (AvgIpc) is 3.13. The third-order valence-electron chi connectivity index (χ3n) is 3.70. The number of benzene rings is 2. The molecule has 134 valence electrons. The van der Waals surface area contributed by atoms with Crippen LogP contribution >= 0.6 is 11.3 Å². The van der Waals surface area contributed by atoms with Crippen LogP contribution in [-0.2, 0) is 17.8 Å². The lowest BCUT2D eigenvalue weighted by Gasteiger charge is -2.04. The van der Waals surface area contributed by atoms with Crippen molar-refractivity contribution in [2.24, 2.45) is 0 Å². The number of rotatable bonds is 6. The zero-order valence-corrected chi connectivity index (χ0v) is 15.1. The van der Waals surface area contributed by atoms with Gasteiger partial charge in [-0.05, 0) is 29.8 Å². The fourth-order valence-electron chi connectivity index (χ4n) is 2.38. The maximum atomic E-state index is 12.1. The van der Waals surface area contributed by atoms with E-state index in [1.165, 1.54) is 11.3 Å². The van der Waals surface area contributed by atoms with Gasteiger partial charge in [0.25, 0.3) is 5.91 Å². The number of thiazole rings is 1. The third-order valence-corrected chi connectivity index (χ3v) is 4.50. The summed E-state index contributed by atoms with van der Waals surface area (Å²) in [5, 5.41) is 16.6. The standard InChI is InChI=1S/C20H16N4O2S/c21-11-14-5-4-6-15(9-14)12-22-18(25)10-17-13-27-20(23-17)24-19(26)16-7-2-1-3-8-16/h1-9,13H,10,12H2,(H,22,25)(H,23,24,26).